The lowest BCUT2D eigenvalue weighted by Gasteiger charge is -2.18. The van der Waals surface area contributed by atoms with E-state index in [1.807, 2.05) is 43.2 Å². The number of benzene rings is 1. The topological polar surface area (TPSA) is 21.1 Å². The molecular weight excluding hydrogens is 281 g/mol. The van der Waals surface area contributed by atoms with Crippen LogP contribution in [0.4, 0.5) is 0 Å². The van der Waals surface area contributed by atoms with Crippen molar-refractivity contribution in [3.8, 4) is 0 Å². The van der Waals surface area contributed by atoms with Crippen LogP contribution in [0.1, 0.15) is 16.8 Å². The van der Waals surface area contributed by atoms with Gasteiger partial charge in [0.15, 0.2) is 0 Å². The van der Waals surface area contributed by atoms with E-state index in [-0.39, 0.29) is 0 Å². The fourth-order valence-corrected chi connectivity index (χ4v) is 2.52. The lowest BCUT2D eigenvalue weighted by molar-refractivity contribution is 0.318. The van der Waals surface area contributed by atoms with Gasteiger partial charge < -0.3 is 0 Å². The van der Waals surface area contributed by atoms with Crippen molar-refractivity contribution in [3.63, 3.8) is 0 Å². The molecule has 3 nitrogen and oxygen atoms in total. The Morgan fingerprint density at radius 2 is 1.84 bits per heavy atom. The summed E-state index contributed by atoms with van der Waals surface area (Å²) in [4.78, 5) is 2.18. The molecule has 0 spiro atoms. The van der Waals surface area contributed by atoms with Gasteiger partial charge in [0.25, 0.3) is 0 Å². The molecule has 0 aliphatic heterocycles. The third kappa shape index (κ3) is 3.30. The van der Waals surface area contributed by atoms with Crippen molar-refractivity contribution in [1.29, 1.82) is 0 Å². The highest BCUT2D eigenvalue weighted by atomic mass is 35.5. The summed E-state index contributed by atoms with van der Waals surface area (Å²) < 4.78 is 1.88. The second-order valence-electron chi connectivity index (χ2n) is 4.75. The number of hydrogen-bond donors (Lipinski definition) is 0. The van der Waals surface area contributed by atoms with Crippen LogP contribution < -0.4 is 0 Å². The molecule has 2 rings (SSSR count). The number of aryl methyl sites for hydroxylation is 1. The highest BCUT2D eigenvalue weighted by Gasteiger charge is 2.11. The predicted octanol–water partition coefficient (Wildman–Crippen LogP) is 3.67. The Morgan fingerprint density at radius 1 is 1.21 bits per heavy atom. The number of aromatic nitrogens is 2. The van der Waals surface area contributed by atoms with Crippen LogP contribution in [0, 0.1) is 6.92 Å². The first-order valence-corrected chi connectivity index (χ1v) is 6.83. The van der Waals surface area contributed by atoms with Crippen LogP contribution in [0.2, 0.25) is 10.0 Å². The number of nitrogens with zero attached hydrogens (tertiary/aromatic N) is 3. The molecule has 0 N–H and O–H groups in total. The zero-order valence-electron chi connectivity index (χ0n) is 11.3. The molecule has 0 aliphatic rings. The number of hydrogen-bond acceptors (Lipinski definition) is 2. The maximum absolute atomic E-state index is 6.18. The van der Waals surface area contributed by atoms with E-state index in [1.165, 1.54) is 11.3 Å². The van der Waals surface area contributed by atoms with Gasteiger partial charge in [-0.3, -0.25) is 9.58 Å². The van der Waals surface area contributed by atoms with Crippen LogP contribution in [0.15, 0.2) is 24.4 Å². The molecule has 2 aromatic rings. The van der Waals surface area contributed by atoms with Crippen molar-refractivity contribution in [2.24, 2.45) is 7.05 Å². The molecule has 19 heavy (non-hydrogen) atoms. The third-order valence-electron chi connectivity index (χ3n) is 3.27. The highest BCUT2D eigenvalue weighted by molar-refractivity contribution is 6.35. The molecule has 0 amide bonds. The van der Waals surface area contributed by atoms with Gasteiger partial charge in [0.05, 0.1) is 6.20 Å². The summed E-state index contributed by atoms with van der Waals surface area (Å²) in [5, 5.41) is 5.67. The monoisotopic (exact) mass is 297 g/mol. The largest absolute Gasteiger partial charge is 0.298 e. The normalized spacial score (nSPS) is 11.3. The summed E-state index contributed by atoms with van der Waals surface area (Å²) in [6.07, 6.45) is 1.90. The van der Waals surface area contributed by atoms with Crippen LogP contribution in [0.3, 0.4) is 0 Å². The van der Waals surface area contributed by atoms with E-state index in [2.05, 4.69) is 16.9 Å². The van der Waals surface area contributed by atoms with Crippen molar-refractivity contribution in [2.75, 3.05) is 7.05 Å². The predicted molar refractivity (Wildman–Crippen MR) is 79.6 cm³/mol. The van der Waals surface area contributed by atoms with Gasteiger partial charge in [-0.15, -0.1) is 0 Å². The van der Waals surface area contributed by atoms with Crippen molar-refractivity contribution in [3.05, 3.63) is 51.3 Å². The molecule has 0 fully saturated rings. The zero-order chi connectivity index (χ0) is 14.0. The minimum Gasteiger partial charge on any atom is -0.298 e. The summed E-state index contributed by atoms with van der Waals surface area (Å²) >= 11 is 12.4. The van der Waals surface area contributed by atoms with Crippen molar-refractivity contribution in [2.45, 2.75) is 20.0 Å². The first kappa shape index (κ1) is 14.4. The molecule has 0 radical (unpaired) electrons. The van der Waals surface area contributed by atoms with Crippen LogP contribution in [-0.4, -0.2) is 21.7 Å². The molecule has 102 valence electrons. The van der Waals surface area contributed by atoms with Crippen LogP contribution in [0.5, 0.6) is 0 Å². The summed E-state index contributed by atoms with van der Waals surface area (Å²) in [5.74, 6) is 0. The van der Waals surface area contributed by atoms with Gasteiger partial charge in [-0.25, -0.2) is 0 Å². The minimum absolute atomic E-state index is 0.710. The smallest absolute Gasteiger partial charge is 0.0537 e. The molecule has 0 saturated heterocycles. The second-order valence-corrected chi connectivity index (χ2v) is 5.57. The Bertz CT molecular complexity index is 558. The molecule has 0 atom stereocenters. The summed E-state index contributed by atoms with van der Waals surface area (Å²) in [7, 11) is 4.00. The highest BCUT2D eigenvalue weighted by Crippen LogP contribution is 2.25. The first-order valence-electron chi connectivity index (χ1n) is 6.08. The van der Waals surface area contributed by atoms with Crippen LogP contribution >= 0.6 is 23.2 Å². The third-order valence-corrected chi connectivity index (χ3v) is 3.98. The van der Waals surface area contributed by atoms with Crippen molar-refractivity contribution < 1.29 is 0 Å². The Morgan fingerprint density at radius 3 is 2.37 bits per heavy atom. The molecule has 1 heterocycles. The van der Waals surface area contributed by atoms with Crippen LogP contribution in [-0.2, 0) is 20.1 Å². The van der Waals surface area contributed by atoms with Gasteiger partial charge in [0, 0.05) is 47.0 Å². The number of rotatable bonds is 4. The quantitative estimate of drug-likeness (QED) is 0.859. The van der Waals surface area contributed by atoms with Gasteiger partial charge in [0.2, 0.25) is 0 Å². The van der Waals surface area contributed by atoms with E-state index in [0.29, 0.717) is 16.6 Å². The maximum atomic E-state index is 6.18. The maximum Gasteiger partial charge on any atom is 0.0537 e. The molecule has 0 saturated carbocycles. The van der Waals surface area contributed by atoms with E-state index >= 15 is 0 Å². The van der Waals surface area contributed by atoms with Gasteiger partial charge >= 0.3 is 0 Å². The summed E-state index contributed by atoms with van der Waals surface area (Å²) in [6, 6.07) is 5.59. The van der Waals surface area contributed by atoms with E-state index in [1.54, 1.807) is 0 Å². The van der Waals surface area contributed by atoms with Gasteiger partial charge in [0.1, 0.15) is 0 Å². The summed E-state index contributed by atoms with van der Waals surface area (Å²) in [5.41, 5.74) is 3.36. The SMILES string of the molecule is Cc1c(CN(C)Cc2c(Cl)cccc2Cl)cnn1C. The Balaban J connectivity index is 2.09. The Kier molecular flexibility index (Phi) is 4.50. The standard InChI is InChI=1S/C14H17Cl2N3/c1-10-11(7-17-19(10)3)8-18(2)9-12-13(15)5-4-6-14(12)16/h4-7H,8-9H2,1-3H3. The van der Waals surface area contributed by atoms with E-state index in [9.17, 15) is 0 Å². The fraction of sp³-hybridized carbons (Fsp3) is 0.357. The molecule has 0 unspecified atom stereocenters. The average molecular weight is 298 g/mol. The van der Waals surface area contributed by atoms with Crippen molar-refractivity contribution >= 4 is 23.2 Å². The van der Waals surface area contributed by atoms with Gasteiger partial charge in [-0.2, -0.15) is 5.10 Å². The molecular formula is C14H17Cl2N3. The minimum atomic E-state index is 0.710. The number of halogens is 2. The Hall–Kier alpha value is -1.03. The lowest BCUT2D eigenvalue weighted by Crippen LogP contribution is -2.18. The molecule has 0 bridgehead atoms. The molecule has 0 aliphatic carbocycles. The zero-order valence-corrected chi connectivity index (χ0v) is 12.8. The average Bonchev–Trinajstić information content (AvgIpc) is 2.66. The molecule has 1 aromatic carbocycles. The molecule has 5 heteroatoms. The van der Waals surface area contributed by atoms with E-state index in [0.717, 1.165) is 12.1 Å². The Labute approximate surface area is 123 Å². The summed E-state index contributed by atoms with van der Waals surface area (Å²) in [6.45, 7) is 3.60. The lowest BCUT2D eigenvalue weighted by atomic mass is 10.2. The van der Waals surface area contributed by atoms with E-state index < -0.39 is 0 Å². The van der Waals surface area contributed by atoms with E-state index in [4.69, 9.17) is 23.2 Å². The van der Waals surface area contributed by atoms with Crippen molar-refractivity contribution in [1.82, 2.24) is 14.7 Å². The van der Waals surface area contributed by atoms with Gasteiger partial charge in [-0.05, 0) is 26.1 Å². The van der Waals surface area contributed by atoms with Crippen LogP contribution in [0.25, 0.3) is 0 Å². The fourth-order valence-electron chi connectivity index (χ4n) is 2.00. The first-order chi connectivity index (χ1) is 8.99. The molecule has 1 aromatic heterocycles. The second kappa shape index (κ2) is 5.95. The van der Waals surface area contributed by atoms with Gasteiger partial charge in [-0.1, -0.05) is 29.3 Å².